The first-order valence-corrected chi connectivity index (χ1v) is 5.53. The van der Waals surface area contributed by atoms with E-state index in [0.29, 0.717) is 10.8 Å². The van der Waals surface area contributed by atoms with Gasteiger partial charge in [0.25, 0.3) is 5.56 Å². The molecule has 0 atom stereocenters. The summed E-state index contributed by atoms with van der Waals surface area (Å²) in [6, 6.07) is 4.00. The molecule has 0 aliphatic carbocycles. The minimum absolute atomic E-state index is 0.0394. The summed E-state index contributed by atoms with van der Waals surface area (Å²) >= 11 is 0. The Balaban J connectivity index is 2.85. The molecule has 0 saturated carbocycles. The van der Waals surface area contributed by atoms with Gasteiger partial charge in [-0.25, -0.2) is 18.7 Å². The fourth-order valence-electron chi connectivity index (χ4n) is 1.25. The van der Waals surface area contributed by atoms with Crippen LogP contribution in [0.1, 0.15) is 0 Å². The number of sulfonamides is 1. The fourth-order valence-corrected chi connectivity index (χ4v) is 1.80. The van der Waals surface area contributed by atoms with Gasteiger partial charge in [-0.15, -0.1) is 0 Å². The minimum Gasteiger partial charge on any atom is -0.267 e. The molecule has 2 rings (SSSR count). The van der Waals surface area contributed by atoms with Gasteiger partial charge in [0.15, 0.2) is 0 Å². The first kappa shape index (κ1) is 9.81. The van der Waals surface area contributed by atoms with Crippen molar-refractivity contribution in [1.82, 2.24) is 10.2 Å². The molecule has 1 aromatic carbocycles. The molecule has 0 spiro atoms. The molecule has 0 bridgehead atoms. The van der Waals surface area contributed by atoms with Crippen LogP contribution in [0.15, 0.2) is 34.1 Å². The van der Waals surface area contributed by atoms with Crippen LogP contribution in [0.25, 0.3) is 10.8 Å². The van der Waals surface area contributed by atoms with E-state index in [1.54, 1.807) is 0 Å². The summed E-state index contributed by atoms with van der Waals surface area (Å²) in [4.78, 5) is 11.2. The molecule has 0 aliphatic heterocycles. The summed E-state index contributed by atoms with van der Waals surface area (Å²) in [6.45, 7) is 0. The van der Waals surface area contributed by atoms with Gasteiger partial charge in [0.1, 0.15) is 0 Å². The van der Waals surface area contributed by atoms with E-state index in [1.165, 1.54) is 24.4 Å². The number of primary sulfonamides is 1. The van der Waals surface area contributed by atoms with Crippen molar-refractivity contribution in [1.29, 1.82) is 0 Å². The van der Waals surface area contributed by atoms with Gasteiger partial charge in [-0.3, -0.25) is 4.79 Å². The Morgan fingerprint density at radius 2 is 2.07 bits per heavy atom. The van der Waals surface area contributed by atoms with Gasteiger partial charge < -0.3 is 0 Å². The maximum atomic E-state index is 11.2. The second-order valence-corrected chi connectivity index (χ2v) is 4.55. The molecular weight excluding hydrogens is 218 g/mol. The van der Waals surface area contributed by atoms with Crippen LogP contribution in [0.5, 0.6) is 0 Å². The highest BCUT2D eigenvalue weighted by molar-refractivity contribution is 7.89. The van der Waals surface area contributed by atoms with Crippen molar-refractivity contribution in [2.24, 2.45) is 5.14 Å². The Hall–Kier alpha value is -1.73. The molecule has 2 aromatic rings. The van der Waals surface area contributed by atoms with Crippen LogP contribution in [0.4, 0.5) is 0 Å². The standard InChI is InChI=1S/C8H7N3O3S/c9-15(13,14)6-1-2-7-5(3-6)4-10-11-8(7)12/h1-4H,(H,11,12)(H2,9,13,14). The third-order valence-corrected chi connectivity index (χ3v) is 2.88. The molecule has 6 nitrogen and oxygen atoms in total. The largest absolute Gasteiger partial charge is 0.272 e. The molecule has 15 heavy (non-hydrogen) atoms. The van der Waals surface area contributed by atoms with E-state index < -0.39 is 10.0 Å². The first-order chi connectivity index (χ1) is 6.98. The van der Waals surface area contributed by atoms with Crippen molar-refractivity contribution < 1.29 is 8.42 Å². The zero-order chi connectivity index (χ0) is 11.1. The van der Waals surface area contributed by atoms with Gasteiger partial charge in [-0.2, -0.15) is 5.10 Å². The molecule has 0 amide bonds. The number of aromatic amines is 1. The van der Waals surface area contributed by atoms with Crippen LogP contribution < -0.4 is 10.7 Å². The summed E-state index contributed by atoms with van der Waals surface area (Å²) in [7, 11) is -3.75. The minimum atomic E-state index is -3.75. The van der Waals surface area contributed by atoms with Crippen molar-refractivity contribution in [2.45, 2.75) is 4.90 Å². The van der Waals surface area contributed by atoms with Crippen LogP contribution in [0, 0.1) is 0 Å². The molecule has 7 heteroatoms. The fraction of sp³-hybridized carbons (Fsp3) is 0. The number of fused-ring (bicyclic) bond motifs is 1. The van der Waals surface area contributed by atoms with Gasteiger partial charge in [-0.05, 0) is 18.2 Å². The predicted octanol–water partition coefficient (Wildman–Crippen LogP) is -0.429. The van der Waals surface area contributed by atoms with Crippen LogP contribution in [-0.2, 0) is 10.0 Å². The molecule has 3 N–H and O–H groups in total. The third kappa shape index (κ3) is 1.74. The maximum Gasteiger partial charge on any atom is 0.272 e. The van der Waals surface area contributed by atoms with Crippen molar-refractivity contribution in [3.63, 3.8) is 0 Å². The second kappa shape index (κ2) is 3.14. The summed E-state index contributed by atoms with van der Waals surface area (Å²) in [5.74, 6) is 0. The molecule has 0 radical (unpaired) electrons. The van der Waals surface area contributed by atoms with Gasteiger partial charge in [0.05, 0.1) is 16.5 Å². The number of nitrogens with one attached hydrogen (secondary N) is 1. The third-order valence-electron chi connectivity index (χ3n) is 1.97. The van der Waals surface area contributed by atoms with E-state index in [2.05, 4.69) is 10.2 Å². The van der Waals surface area contributed by atoms with Crippen LogP contribution in [0.3, 0.4) is 0 Å². The van der Waals surface area contributed by atoms with Crippen molar-refractivity contribution >= 4 is 20.8 Å². The van der Waals surface area contributed by atoms with E-state index in [0.717, 1.165) is 0 Å². The molecule has 0 fully saturated rings. The number of nitrogens with zero attached hydrogens (tertiary/aromatic N) is 1. The molecule has 1 aromatic heterocycles. The normalized spacial score (nSPS) is 11.8. The molecule has 0 saturated heterocycles. The van der Waals surface area contributed by atoms with Crippen LogP contribution >= 0.6 is 0 Å². The van der Waals surface area contributed by atoms with Crippen LogP contribution in [0.2, 0.25) is 0 Å². The van der Waals surface area contributed by atoms with Crippen molar-refractivity contribution in [3.8, 4) is 0 Å². The number of benzene rings is 1. The Morgan fingerprint density at radius 3 is 2.73 bits per heavy atom. The number of H-pyrrole nitrogens is 1. The number of aromatic nitrogens is 2. The Morgan fingerprint density at radius 1 is 1.33 bits per heavy atom. The molecular formula is C8H7N3O3S. The number of hydrogen-bond acceptors (Lipinski definition) is 4. The number of nitrogens with two attached hydrogens (primary N) is 1. The summed E-state index contributed by atoms with van der Waals surface area (Å²) in [6.07, 6.45) is 1.37. The zero-order valence-corrected chi connectivity index (χ0v) is 8.28. The second-order valence-electron chi connectivity index (χ2n) is 2.99. The average Bonchev–Trinajstić information content (AvgIpc) is 2.16. The zero-order valence-electron chi connectivity index (χ0n) is 7.47. The van der Waals surface area contributed by atoms with Gasteiger partial charge in [0, 0.05) is 5.39 Å². The van der Waals surface area contributed by atoms with E-state index in [9.17, 15) is 13.2 Å². The lowest BCUT2D eigenvalue weighted by Gasteiger charge is -1.99. The lowest BCUT2D eigenvalue weighted by molar-refractivity contribution is 0.598. The highest BCUT2D eigenvalue weighted by atomic mass is 32.2. The van der Waals surface area contributed by atoms with Crippen molar-refractivity contribution in [2.75, 3.05) is 0 Å². The molecule has 1 heterocycles. The van der Waals surface area contributed by atoms with E-state index in [1.807, 2.05) is 0 Å². The Bertz CT molecular complexity index is 675. The maximum absolute atomic E-state index is 11.2. The van der Waals surface area contributed by atoms with Gasteiger partial charge in [-0.1, -0.05) is 0 Å². The highest BCUT2D eigenvalue weighted by Gasteiger charge is 2.08. The lowest BCUT2D eigenvalue weighted by Crippen LogP contribution is -2.13. The topological polar surface area (TPSA) is 106 Å². The highest BCUT2D eigenvalue weighted by Crippen LogP contribution is 2.13. The van der Waals surface area contributed by atoms with Crippen LogP contribution in [-0.4, -0.2) is 18.6 Å². The molecule has 78 valence electrons. The Kier molecular flexibility index (Phi) is 2.06. The lowest BCUT2D eigenvalue weighted by atomic mass is 10.2. The first-order valence-electron chi connectivity index (χ1n) is 3.99. The van der Waals surface area contributed by atoms with E-state index >= 15 is 0 Å². The summed E-state index contributed by atoms with van der Waals surface area (Å²) < 4.78 is 22.1. The van der Waals surface area contributed by atoms with E-state index in [4.69, 9.17) is 5.14 Å². The van der Waals surface area contributed by atoms with Crippen molar-refractivity contribution in [3.05, 3.63) is 34.7 Å². The monoisotopic (exact) mass is 225 g/mol. The van der Waals surface area contributed by atoms with Gasteiger partial charge in [0.2, 0.25) is 10.0 Å². The average molecular weight is 225 g/mol. The molecule has 0 unspecified atom stereocenters. The number of hydrogen-bond donors (Lipinski definition) is 2. The summed E-state index contributed by atoms with van der Waals surface area (Å²) in [5.41, 5.74) is -0.367. The van der Waals surface area contributed by atoms with E-state index in [-0.39, 0.29) is 10.5 Å². The molecule has 0 aliphatic rings. The summed E-state index contributed by atoms with van der Waals surface area (Å²) in [5, 5.41) is 11.6. The predicted molar refractivity (Wildman–Crippen MR) is 53.7 cm³/mol. The quantitative estimate of drug-likeness (QED) is 0.686. The Labute approximate surface area is 84.8 Å². The number of rotatable bonds is 1. The smallest absolute Gasteiger partial charge is 0.267 e. The van der Waals surface area contributed by atoms with Gasteiger partial charge >= 0.3 is 0 Å². The SMILES string of the molecule is NS(=O)(=O)c1ccc2c(=O)[nH]ncc2c1.